The number of rotatable bonds is 2. The number of halogens is 3. The molecule has 1 unspecified atom stereocenters. The molecule has 0 saturated carbocycles. The first kappa shape index (κ1) is 14.3. The molecular formula is C12H15F3N2OS. The molecule has 0 aromatic carbocycles. The molecule has 1 aliphatic rings. The summed E-state index contributed by atoms with van der Waals surface area (Å²) in [6, 6.07) is 2.79. The number of carbonyl (C=O) groups is 1. The molecule has 1 saturated heterocycles. The first-order chi connectivity index (χ1) is 8.89. The fraction of sp³-hybridized carbons (Fsp3) is 0.583. The monoisotopic (exact) mass is 292 g/mol. The van der Waals surface area contributed by atoms with Crippen LogP contribution in [0.1, 0.15) is 23.8 Å². The average Bonchev–Trinajstić information content (AvgIpc) is 2.90. The summed E-state index contributed by atoms with van der Waals surface area (Å²) in [5.74, 6) is -1.59. The summed E-state index contributed by atoms with van der Waals surface area (Å²) in [4.78, 5) is 14.3. The lowest BCUT2D eigenvalue weighted by Gasteiger charge is -2.34. The number of nitrogens with zero attached hydrogens (tertiary/aromatic N) is 1. The van der Waals surface area contributed by atoms with Crippen LogP contribution in [0.3, 0.4) is 0 Å². The Morgan fingerprint density at radius 1 is 1.42 bits per heavy atom. The van der Waals surface area contributed by atoms with Crippen molar-refractivity contribution in [3.63, 3.8) is 0 Å². The third-order valence-electron chi connectivity index (χ3n) is 3.39. The van der Waals surface area contributed by atoms with Gasteiger partial charge >= 0.3 is 6.18 Å². The maximum Gasteiger partial charge on any atom is 0.391 e. The molecule has 1 aromatic rings. The van der Waals surface area contributed by atoms with Crippen LogP contribution < -0.4 is 5.73 Å². The average molecular weight is 292 g/mol. The summed E-state index contributed by atoms with van der Waals surface area (Å²) in [7, 11) is 0. The molecule has 1 atom stereocenters. The highest BCUT2D eigenvalue weighted by Crippen LogP contribution is 2.34. The molecule has 7 heteroatoms. The van der Waals surface area contributed by atoms with Crippen LogP contribution in [0.4, 0.5) is 13.2 Å². The van der Waals surface area contributed by atoms with Crippen LogP contribution in [0.25, 0.3) is 0 Å². The lowest BCUT2D eigenvalue weighted by Crippen LogP contribution is -2.45. The van der Waals surface area contributed by atoms with Gasteiger partial charge in [0.2, 0.25) is 5.91 Å². The Morgan fingerprint density at radius 2 is 2.05 bits per heavy atom. The number of alkyl halides is 3. The highest BCUT2D eigenvalue weighted by molar-refractivity contribution is 7.10. The smallest absolute Gasteiger partial charge is 0.341 e. The predicted octanol–water partition coefficient (Wildman–Crippen LogP) is 2.55. The molecular weight excluding hydrogens is 277 g/mol. The van der Waals surface area contributed by atoms with Crippen LogP contribution >= 0.6 is 11.3 Å². The number of piperidine rings is 1. The lowest BCUT2D eigenvalue weighted by atomic mass is 9.96. The second kappa shape index (κ2) is 5.50. The van der Waals surface area contributed by atoms with Gasteiger partial charge in [0.15, 0.2) is 0 Å². The van der Waals surface area contributed by atoms with E-state index in [4.69, 9.17) is 5.73 Å². The summed E-state index contributed by atoms with van der Waals surface area (Å²) in [6.45, 7) is 0.254. The molecule has 1 aliphatic heterocycles. The lowest BCUT2D eigenvalue weighted by molar-refractivity contribution is -0.186. The first-order valence-corrected chi connectivity index (χ1v) is 6.92. The highest BCUT2D eigenvalue weighted by Gasteiger charge is 2.42. The van der Waals surface area contributed by atoms with Gasteiger partial charge in [0, 0.05) is 18.0 Å². The van der Waals surface area contributed by atoms with Crippen LogP contribution in [0.15, 0.2) is 17.5 Å². The number of nitrogens with two attached hydrogens (primary N) is 1. The molecule has 1 aromatic heterocycles. The van der Waals surface area contributed by atoms with Crippen LogP contribution in [0.2, 0.25) is 0 Å². The Bertz CT molecular complexity index is 425. The summed E-state index contributed by atoms with van der Waals surface area (Å²) in [5, 5.41) is 1.82. The van der Waals surface area contributed by atoms with Gasteiger partial charge in [0.1, 0.15) is 6.04 Å². The Kier molecular flexibility index (Phi) is 4.15. The van der Waals surface area contributed by atoms with E-state index in [-0.39, 0.29) is 31.8 Å². The van der Waals surface area contributed by atoms with Crippen molar-refractivity contribution in [1.29, 1.82) is 0 Å². The zero-order valence-electron chi connectivity index (χ0n) is 10.2. The zero-order valence-corrected chi connectivity index (χ0v) is 11.0. The van der Waals surface area contributed by atoms with E-state index in [1.807, 2.05) is 5.38 Å². The van der Waals surface area contributed by atoms with E-state index in [0.29, 0.717) is 0 Å². The number of carbonyl (C=O) groups excluding carboxylic acids is 1. The van der Waals surface area contributed by atoms with Crippen LogP contribution in [-0.4, -0.2) is 30.1 Å². The molecule has 2 N–H and O–H groups in total. The van der Waals surface area contributed by atoms with E-state index in [2.05, 4.69) is 0 Å². The molecule has 0 radical (unpaired) electrons. The third-order valence-corrected chi connectivity index (χ3v) is 4.34. The van der Waals surface area contributed by atoms with Crippen molar-refractivity contribution in [3.05, 3.63) is 22.4 Å². The van der Waals surface area contributed by atoms with E-state index in [1.165, 1.54) is 16.2 Å². The topological polar surface area (TPSA) is 46.3 Å². The van der Waals surface area contributed by atoms with Crippen molar-refractivity contribution in [1.82, 2.24) is 4.90 Å². The highest BCUT2D eigenvalue weighted by atomic mass is 32.1. The maximum absolute atomic E-state index is 12.5. The summed E-state index contributed by atoms with van der Waals surface area (Å²) < 4.78 is 37.6. The van der Waals surface area contributed by atoms with Crippen LogP contribution in [0, 0.1) is 5.92 Å². The fourth-order valence-corrected chi connectivity index (χ4v) is 2.93. The maximum atomic E-state index is 12.5. The van der Waals surface area contributed by atoms with Crippen molar-refractivity contribution in [2.45, 2.75) is 25.1 Å². The van der Waals surface area contributed by atoms with Crippen molar-refractivity contribution in [2.75, 3.05) is 13.1 Å². The largest absolute Gasteiger partial charge is 0.391 e. The zero-order chi connectivity index (χ0) is 14.0. The Hall–Kier alpha value is -1.08. The van der Waals surface area contributed by atoms with Crippen LogP contribution in [0.5, 0.6) is 0 Å². The molecule has 1 amide bonds. The molecule has 0 aliphatic carbocycles. The Labute approximate surface area is 113 Å². The normalized spacial score (nSPS) is 19.5. The van der Waals surface area contributed by atoms with Crippen LogP contribution in [-0.2, 0) is 4.79 Å². The van der Waals surface area contributed by atoms with Gasteiger partial charge in [-0.25, -0.2) is 0 Å². The standard InChI is InChI=1S/C12H15F3N2OS/c13-12(14,15)8-3-5-17(6-4-8)11(18)10(16)9-2-1-7-19-9/h1-2,7-8,10H,3-6,16H2. The van der Waals surface area contributed by atoms with Crippen molar-refractivity contribution in [2.24, 2.45) is 11.7 Å². The molecule has 1 fully saturated rings. The van der Waals surface area contributed by atoms with Crippen molar-refractivity contribution < 1.29 is 18.0 Å². The minimum atomic E-state index is -4.16. The molecule has 2 heterocycles. The second-order valence-corrected chi connectivity index (χ2v) is 5.61. The van der Waals surface area contributed by atoms with E-state index >= 15 is 0 Å². The van der Waals surface area contributed by atoms with E-state index in [1.54, 1.807) is 12.1 Å². The molecule has 2 rings (SSSR count). The summed E-state index contributed by atoms with van der Waals surface area (Å²) >= 11 is 1.38. The third kappa shape index (κ3) is 3.27. The summed E-state index contributed by atoms with van der Waals surface area (Å²) in [6.07, 6.45) is -4.23. The minimum Gasteiger partial charge on any atom is -0.341 e. The van der Waals surface area contributed by atoms with Gasteiger partial charge in [0.25, 0.3) is 0 Å². The van der Waals surface area contributed by atoms with E-state index < -0.39 is 18.1 Å². The number of likely N-dealkylation sites (tertiary alicyclic amines) is 1. The minimum absolute atomic E-state index is 0.0353. The van der Waals surface area contributed by atoms with Gasteiger partial charge in [-0.3, -0.25) is 4.79 Å². The number of thiophene rings is 1. The Balaban J connectivity index is 1.93. The van der Waals surface area contributed by atoms with Gasteiger partial charge in [-0.05, 0) is 24.3 Å². The number of amides is 1. The second-order valence-electron chi connectivity index (χ2n) is 4.63. The van der Waals surface area contributed by atoms with Crippen molar-refractivity contribution in [3.8, 4) is 0 Å². The summed E-state index contributed by atoms with van der Waals surface area (Å²) in [5.41, 5.74) is 5.83. The number of hydrogen-bond donors (Lipinski definition) is 1. The quantitative estimate of drug-likeness (QED) is 0.910. The van der Waals surface area contributed by atoms with Gasteiger partial charge in [0.05, 0.1) is 5.92 Å². The fourth-order valence-electron chi connectivity index (χ4n) is 2.21. The van der Waals surface area contributed by atoms with Crippen molar-refractivity contribution >= 4 is 17.2 Å². The van der Waals surface area contributed by atoms with Gasteiger partial charge in [-0.1, -0.05) is 6.07 Å². The van der Waals surface area contributed by atoms with Gasteiger partial charge < -0.3 is 10.6 Å². The number of hydrogen-bond acceptors (Lipinski definition) is 3. The molecule has 106 valence electrons. The first-order valence-electron chi connectivity index (χ1n) is 6.04. The van der Waals surface area contributed by atoms with Gasteiger partial charge in [-0.2, -0.15) is 13.2 Å². The molecule has 0 bridgehead atoms. The molecule has 3 nitrogen and oxygen atoms in total. The predicted molar refractivity (Wildman–Crippen MR) is 66.6 cm³/mol. The SMILES string of the molecule is NC(C(=O)N1CCC(C(F)(F)F)CC1)c1cccs1. The van der Waals surface area contributed by atoms with E-state index in [9.17, 15) is 18.0 Å². The Morgan fingerprint density at radius 3 is 2.53 bits per heavy atom. The van der Waals surface area contributed by atoms with E-state index in [0.717, 1.165) is 4.88 Å². The molecule has 0 spiro atoms. The molecule has 19 heavy (non-hydrogen) atoms. The van der Waals surface area contributed by atoms with Gasteiger partial charge in [-0.15, -0.1) is 11.3 Å².